The molecule has 0 aliphatic carbocycles. The molecule has 0 spiro atoms. The molecule has 0 atom stereocenters. The number of carbonyl (C=O) groups excluding carboxylic acids is 1. The van der Waals surface area contributed by atoms with Gasteiger partial charge < -0.3 is 15.3 Å². The highest BCUT2D eigenvalue weighted by molar-refractivity contribution is 6.01. The molecule has 0 aliphatic rings. The quantitative estimate of drug-likeness (QED) is 0.543. The normalized spacial score (nSPS) is 10.9. The molecule has 0 bridgehead atoms. The molecule has 1 amide bonds. The molecule has 0 fully saturated rings. The fraction of sp³-hybridized carbons (Fsp3) is 0.0556. The molecule has 0 aliphatic heterocycles. The first-order valence-corrected chi connectivity index (χ1v) is 7.57. The standard InChI is InChI=1S/C18H15N5O/c1-19-18(24)16-13(11-5-3-2-4-6-11)9-14(23-16)15-12-7-8-20-17(12)22-10-21-15/h2-10,23H,1H3,(H,19,24)(H,20,21,22). The summed E-state index contributed by atoms with van der Waals surface area (Å²) in [5.74, 6) is -0.167. The highest BCUT2D eigenvalue weighted by Crippen LogP contribution is 2.31. The van der Waals surface area contributed by atoms with Gasteiger partial charge in [-0.1, -0.05) is 30.3 Å². The Kier molecular flexibility index (Phi) is 3.35. The van der Waals surface area contributed by atoms with Gasteiger partial charge in [-0.2, -0.15) is 0 Å². The lowest BCUT2D eigenvalue weighted by Crippen LogP contribution is -2.19. The molecule has 3 heterocycles. The zero-order chi connectivity index (χ0) is 16.5. The Labute approximate surface area is 138 Å². The summed E-state index contributed by atoms with van der Waals surface area (Å²) in [5.41, 5.74) is 4.62. The maximum absolute atomic E-state index is 12.3. The largest absolute Gasteiger partial charge is 0.354 e. The smallest absolute Gasteiger partial charge is 0.268 e. The topological polar surface area (TPSA) is 86.5 Å². The third-order valence-corrected chi connectivity index (χ3v) is 3.97. The number of nitrogens with zero attached hydrogens (tertiary/aromatic N) is 2. The highest BCUT2D eigenvalue weighted by atomic mass is 16.1. The van der Waals surface area contributed by atoms with E-state index in [9.17, 15) is 4.79 Å². The number of carbonyl (C=O) groups is 1. The second-order valence-electron chi connectivity index (χ2n) is 5.38. The van der Waals surface area contributed by atoms with E-state index in [1.54, 1.807) is 7.05 Å². The van der Waals surface area contributed by atoms with E-state index in [1.807, 2.05) is 48.7 Å². The summed E-state index contributed by atoms with van der Waals surface area (Å²) < 4.78 is 0. The zero-order valence-electron chi connectivity index (χ0n) is 13.0. The van der Waals surface area contributed by atoms with Crippen LogP contribution in [0.25, 0.3) is 33.5 Å². The Morgan fingerprint density at radius 1 is 1.12 bits per heavy atom. The second kappa shape index (κ2) is 5.66. The summed E-state index contributed by atoms with van der Waals surface area (Å²) in [6.45, 7) is 0. The SMILES string of the molecule is CNC(=O)c1[nH]c(-c2ncnc3[nH]ccc23)cc1-c1ccccc1. The van der Waals surface area contributed by atoms with Crippen LogP contribution in [0.15, 0.2) is 55.0 Å². The van der Waals surface area contributed by atoms with Crippen molar-refractivity contribution in [1.82, 2.24) is 25.3 Å². The summed E-state index contributed by atoms with van der Waals surface area (Å²) in [5, 5.41) is 3.58. The maximum atomic E-state index is 12.3. The number of aromatic amines is 2. The van der Waals surface area contributed by atoms with Crippen LogP contribution in [-0.4, -0.2) is 32.9 Å². The summed E-state index contributed by atoms with van der Waals surface area (Å²) >= 11 is 0. The van der Waals surface area contributed by atoms with Crippen LogP contribution in [0.3, 0.4) is 0 Å². The van der Waals surface area contributed by atoms with E-state index in [1.165, 1.54) is 6.33 Å². The Balaban J connectivity index is 1.93. The molecule has 0 saturated carbocycles. The van der Waals surface area contributed by atoms with Crippen molar-refractivity contribution in [2.75, 3.05) is 7.05 Å². The van der Waals surface area contributed by atoms with Gasteiger partial charge in [0.05, 0.1) is 11.4 Å². The first-order valence-electron chi connectivity index (χ1n) is 7.57. The van der Waals surface area contributed by atoms with Crippen LogP contribution in [-0.2, 0) is 0 Å². The van der Waals surface area contributed by atoms with Gasteiger partial charge in [-0.3, -0.25) is 4.79 Å². The number of benzene rings is 1. The van der Waals surface area contributed by atoms with E-state index >= 15 is 0 Å². The molecule has 4 aromatic rings. The molecule has 0 unspecified atom stereocenters. The van der Waals surface area contributed by atoms with Crippen LogP contribution < -0.4 is 5.32 Å². The van der Waals surface area contributed by atoms with Gasteiger partial charge in [-0.05, 0) is 17.7 Å². The first-order chi connectivity index (χ1) is 11.8. The van der Waals surface area contributed by atoms with Gasteiger partial charge in [-0.15, -0.1) is 0 Å². The minimum atomic E-state index is -0.167. The summed E-state index contributed by atoms with van der Waals surface area (Å²) in [6.07, 6.45) is 3.33. The third-order valence-electron chi connectivity index (χ3n) is 3.97. The monoisotopic (exact) mass is 317 g/mol. The van der Waals surface area contributed by atoms with Crippen LogP contribution in [0.2, 0.25) is 0 Å². The van der Waals surface area contributed by atoms with Crippen molar-refractivity contribution in [2.24, 2.45) is 0 Å². The number of H-pyrrole nitrogens is 2. The maximum Gasteiger partial charge on any atom is 0.268 e. The zero-order valence-corrected chi connectivity index (χ0v) is 13.0. The van der Waals surface area contributed by atoms with Gasteiger partial charge in [0.25, 0.3) is 5.91 Å². The van der Waals surface area contributed by atoms with Gasteiger partial charge in [-0.25, -0.2) is 9.97 Å². The van der Waals surface area contributed by atoms with Crippen molar-refractivity contribution in [3.05, 3.63) is 60.7 Å². The minimum Gasteiger partial charge on any atom is -0.354 e. The van der Waals surface area contributed by atoms with E-state index < -0.39 is 0 Å². The summed E-state index contributed by atoms with van der Waals surface area (Å²) in [6, 6.07) is 13.7. The molecule has 6 heteroatoms. The minimum absolute atomic E-state index is 0.167. The Bertz CT molecular complexity index is 1020. The fourth-order valence-corrected chi connectivity index (χ4v) is 2.82. The number of amides is 1. The molecule has 0 saturated heterocycles. The van der Waals surface area contributed by atoms with Crippen molar-refractivity contribution < 1.29 is 4.79 Å². The molecule has 24 heavy (non-hydrogen) atoms. The summed E-state index contributed by atoms with van der Waals surface area (Å²) in [4.78, 5) is 27.2. The van der Waals surface area contributed by atoms with Gasteiger partial charge >= 0.3 is 0 Å². The van der Waals surface area contributed by atoms with Gasteiger partial charge in [0.15, 0.2) is 0 Å². The van der Waals surface area contributed by atoms with E-state index in [4.69, 9.17) is 0 Å². The predicted molar refractivity (Wildman–Crippen MR) is 92.5 cm³/mol. The molecule has 4 rings (SSSR count). The highest BCUT2D eigenvalue weighted by Gasteiger charge is 2.18. The number of aromatic nitrogens is 4. The van der Waals surface area contributed by atoms with Crippen molar-refractivity contribution >= 4 is 16.9 Å². The van der Waals surface area contributed by atoms with E-state index in [0.717, 1.165) is 33.5 Å². The van der Waals surface area contributed by atoms with E-state index in [0.29, 0.717) is 5.69 Å². The molecule has 0 radical (unpaired) electrons. The molecule has 6 nitrogen and oxygen atoms in total. The van der Waals surface area contributed by atoms with Gasteiger partial charge in [0, 0.05) is 24.2 Å². The lowest BCUT2D eigenvalue weighted by Gasteiger charge is -2.02. The Morgan fingerprint density at radius 2 is 1.96 bits per heavy atom. The van der Waals surface area contributed by atoms with Crippen LogP contribution in [0.4, 0.5) is 0 Å². The lowest BCUT2D eigenvalue weighted by molar-refractivity contribution is 0.0959. The van der Waals surface area contributed by atoms with Crippen LogP contribution in [0.1, 0.15) is 10.5 Å². The molecule has 3 N–H and O–H groups in total. The van der Waals surface area contributed by atoms with Crippen molar-refractivity contribution in [2.45, 2.75) is 0 Å². The predicted octanol–water partition coefficient (Wildman–Crippen LogP) is 2.98. The molecule has 118 valence electrons. The Morgan fingerprint density at radius 3 is 2.75 bits per heavy atom. The van der Waals surface area contributed by atoms with Crippen molar-refractivity contribution in [3.8, 4) is 22.5 Å². The van der Waals surface area contributed by atoms with Gasteiger partial charge in [0.2, 0.25) is 0 Å². The number of hydrogen-bond acceptors (Lipinski definition) is 3. The summed E-state index contributed by atoms with van der Waals surface area (Å²) in [7, 11) is 1.62. The first kappa shape index (κ1) is 14.2. The number of nitrogens with one attached hydrogen (secondary N) is 3. The van der Waals surface area contributed by atoms with E-state index in [-0.39, 0.29) is 5.91 Å². The third kappa shape index (κ3) is 2.25. The second-order valence-corrected chi connectivity index (χ2v) is 5.38. The number of hydrogen-bond donors (Lipinski definition) is 3. The number of fused-ring (bicyclic) bond motifs is 1. The van der Waals surface area contributed by atoms with Gasteiger partial charge in [0.1, 0.15) is 17.7 Å². The van der Waals surface area contributed by atoms with Crippen molar-refractivity contribution in [3.63, 3.8) is 0 Å². The van der Waals surface area contributed by atoms with Crippen LogP contribution in [0, 0.1) is 0 Å². The lowest BCUT2D eigenvalue weighted by atomic mass is 10.1. The van der Waals surface area contributed by atoms with Crippen LogP contribution in [0.5, 0.6) is 0 Å². The average molecular weight is 317 g/mol. The van der Waals surface area contributed by atoms with Crippen LogP contribution >= 0.6 is 0 Å². The Hall–Kier alpha value is -3.41. The molecule has 3 aromatic heterocycles. The van der Waals surface area contributed by atoms with E-state index in [2.05, 4.69) is 25.3 Å². The fourth-order valence-electron chi connectivity index (χ4n) is 2.82. The molecular formula is C18H15N5O. The van der Waals surface area contributed by atoms with Crippen molar-refractivity contribution in [1.29, 1.82) is 0 Å². The molecular weight excluding hydrogens is 302 g/mol. The number of rotatable bonds is 3. The average Bonchev–Trinajstić information content (AvgIpc) is 3.28. The molecule has 1 aromatic carbocycles.